The second kappa shape index (κ2) is 10.2. The SMILES string of the molecule is CCCCOCCOC(C)CC(C)(NCC)C(N)=O. The molecule has 5 nitrogen and oxygen atoms in total. The summed E-state index contributed by atoms with van der Waals surface area (Å²) in [5, 5.41) is 3.12. The number of carbonyl (C=O) groups excluding carboxylic acids is 1. The Kier molecular flexibility index (Phi) is 9.83. The van der Waals surface area contributed by atoms with E-state index in [4.69, 9.17) is 15.2 Å². The van der Waals surface area contributed by atoms with Crippen molar-refractivity contribution in [1.29, 1.82) is 0 Å². The molecule has 0 aromatic carbocycles. The number of rotatable bonds is 12. The predicted molar refractivity (Wildman–Crippen MR) is 77.0 cm³/mol. The van der Waals surface area contributed by atoms with E-state index in [0.29, 0.717) is 26.2 Å². The number of likely N-dealkylation sites (N-methyl/N-ethyl adjacent to an activating group) is 1. The first-order valence-corrected chi connectivity index (χ1v) is 7.20. The second-order valence-corrected chi connectivity index (χ2v) is 5.08. The average molecular weight is 274 g/mol. The molecule has 5 heteroatoms. The maximum absolute atomic E-state index is 11.5. The summed E-state index contributed by atoms with van der Waals surface area (Å²) in [6.07, 6.45) is 2.74. The molecule has 3 N–H and O–H groups in total. The fourth-order valence-corrected chi connectivity index (χ4v) is 1.94. The number of ether oxygens (including phenoxy) is 2. The summed E-state index contributed by atoms with van der Waals surface area (Å²) < 4.78 is 11.1. The molecule has 0 aromatic rings. The zero-order valence-corrected chi connectivity index (χ0v) is 12.8. The Morgan fingerprint density at radius 3 is 2.53 bits per heavy atom. The van der Waals surface area contributed by atoms with Gasteiger partial charge in [-0.05, 0) is 26.8 Å². The number of hydrogen-bond acceptors (Lipinski definition) is 4. The highest BCUT2D eigenvalue weighted by atomic mass is 16.5. The topological polar surface area (TPSA) is 73.6 Å². The zero-order chi connectivity index (χ0) is 14.7. The molecule has 1 amide bonds. The van der Waals surface area contributed by atoms with Crippen LogP contribution >= 0.6 is 0 Å². The summed E-state index contributed by atoms with van der Waals surface area (Å²) in [5.41, 5.74) is 4.72. The molecule has 0 fully saturated rings. The number of nitrogens with one attached hydrogen (secondary N) is 1. The van der Waals surface area contributed by atoms with Crippen molar-refractivity contribution in [1.82, 2.24) is 5.32 Å². The molecular weight excluding hydrogens is 244 g/mol. The van der Waals surface area contributed by atoms with E-state index in [-0.39, 0.29) is 12.0 Å². The number of carbonyl (C=O) groups is 1. The smallest absolute Gasteiger partial charge is 0.237 e. The number of amides is 1. The number of hydrogen-bond donors (Lipinski definition) is 2. The number of nitrogens with two attached hydrogens (primary N) is 1. The average Bonchev–Trinajstić information content (AvgIpc) is 2.33. The predicted octanol–water partition coefficient (Wildman–Crippen LogP) is 1.45. The van der Waals surface area contributed by atoms with Gasteiger partial charge in [0.1, 0.15) is 0 Å². The minimum atomic E-state index is -0.711. The van der Waals surface area contributed by atoms with E-state index in [1.54, 1.807) is 0 Å². The number of unbranched alkanes of at least 4 members (excludes halogenated alkanes) is 1. The van der Waals surface area contributed by atoms with E-state index in [0.717, 1.165) is 19.4 Å². The lowest BCUT2D eigenvalue weighted by atomic mass is 9.94. The van der Waals surface area contributed by atoms with E-state index in [1.807, 2.05) is 20.8 Å². The van der Waals surface area contributed by atoms with Crippen molar-refractivity contribution in [3.8, 4) is 0 Å². The molecular formula is C14H30N2O3. The Morgan fingerprint density at radius 1 is 1.32 bits per heavy atom. The lowest BCUT2D eigenvalue weighted by Crippen LogP contribution is -2.54. The first-order valence-electron chi connectivity index (χ1n) is 7.20. The highest BCUT2D eigenvalue weighted by Crippen LogP contribution is 2.14. The van der Waals surface area contributed by atoms with Gasteiger partial charge in [0.25, 0.3) is 0 Å². The summed E-state index contributed by atoms with van der Waals surface area (Å²) >= 11 is 0. The lowest BCUT2D eigenvalue weighted by Gasteiger charge is -2.29. The van der Waals surface area contributed by atoms with E-state index in [1.165, 1.54) is 0 Å². The van der Waals surface area contributed by atoms with Gasteiger partial charge in [-0.2, -0.15) is 0 Å². The largest absolute Gasteiger partial charge is 0.379 e. The third-order valence-electron chi connectivity index (χ3n) is 3.08. The molecule has 0 rings (SSSR count). The van der Waals surface area contributed by atoms with E-state index >= 15 is 0 Å². The Labute approximate surface area is 117 Å². The molecule has 2 unspecified atom stereocenters. The van der Waals surface area contributed by atoms with Gasteiger partial charge < -0.3 is 20.5 Å². The Balaban J connectivity index is 3.87. The molecule has 19 heavy (non-hydrogen) atoms. The van der Waals surface area contributed by atoms with Gasteiger partial charge in [0, 0.05) is 13.0 Å². The van der Waals surface area contributed by atoms with Crippen LogP contribution < -0.4 is 11.1 Å². The fraction of sp³-hybridized carbons (Fsp3) is 0.929. The highest BCUT2D eigenvalue weighted by Gasteiger charge is 2.31. The van der Waals surface area contributed by atoms with Crippen molar-refractivity contribution in [2.45, 2.75) is 58.6 Å². The molecule has 0 aliphatic carbocycles. The molecule has 2 atom stereocenters. The Hall–Kier alpha value is -0.650. The van der Waals surface area contributed by atoms with E-state index in [2.05, 4.69) is 12.2 Å². The van der Waals surface area contributed by atoms with Crippen LogP contribution in [-0.2, 0) is 14.3 Å². The van der Waals surface area contributed by atoms with Gasteiger partial charge in [0.15, 0.2) is 0 Å². The molecule has 114 valence electrons. The molecule has 0 aliphatic rings. The molecule has 0 heterocycles. The molecule has 0 bridgehead atoms. The van der Waals surface area contributed by atoms with E-state index < -0.39 is 5.54 Å². The maximum Gasteiger partial charge on any atom is 0.237 e. The quantitative estimate of drug-likeness (QED) is 0.528. The molecule has 0 saturated carbocycles. The summed E-state index contributed by atoms with van der Waals surface area (Å²) in [7, 11) is 0. The van der Waals surface area contributed by atoms with Gasteiger partial charge in [0.2, 0.25) is 5.91 Å². The van der Waals surface area contributed by atoms with Gasteiger partial charge in [-0.25, -0.2) is 0 Å². The van der Waals surface area contributed by atoms with Crippen LogP contribution in [0.3, 0.4) is 0 Å². The van der Waals surface area contributed by atoms with Crippen molar-refractivity contribution < 1.29 is 14.3 Å². The molecule has 0 radical (unpaired) electrons. The van der Waals surface area contributed by atoms with Gasteiger partial charge >= 0.3 is 0 Å². The summed E-state index contributed by atoms with van der Waals surface area (Å²) in [5.74, 6) is -0.344. The minimum absolute atomic E-state index is 0.0358. The van der Waals surface area contributed by atoms with Crippen LogP contribution in [0.5, 0.6) is 0 Å². The van der Waals surface area contributed by atoms with Gasteiger partial charge in [0.05, 0.1) is 24.9 Å². The standard InChI is InChI=1S/C14H30N2O3/c1-5-7-8-18-9-10-19-12(3)11-14(4,13(15)17)16-6-2/h12,16H,5-11H2,1-4H3,(H2,15,17). The van der Waals surface area contributed by atoms with Crippen LogP contribution in [0.4, 0.5) is 0 Å². The van der Waals surface area contributed by atoms with Crippen molar-refractivity contribution in [3.05, 3.63) is 0 Å². The van der Waals surface area contributed by atoms with Crippen LogP contribution in [0.2, 0.25) is 0 Å². The van der Waals surface area contributed by atoms with Crippen LogP contribution in [0.15, 0.2) is 0 Å². The third kappa shape index (κ3) is 8.18. The van der Waals surface area contributed by atoms with Gasteiger partial charge in [-0.1, -0.05) is 20.3 Å². The lowest BCUT2D eigenvalue weighted by molar-refractivity contribution is -0.125. The van der Waals surface area contributed by atoms with Crippen LogP contribution in [0.1, 0.15) is 47.0 Å². The maximum atomic E-state index is 11.5. The minimum Gasteiger partial charge on any atom is -0.379 e. The first-order chi connectivity index (χ1) is 8.96. The highest BCUT2D eigenvalue weighted by molar-refractivity contribution is 5.84. The first kappa shape index (κ1) is 18.4. The monoisotopic (exact) mass is 274 g/mol. The molecule has 0 aliphatic heterocycles. The van der Waals surface area contributed by atoms with Crippen molar-refractivity contribution in [2.75, 3.05) is 26.4 Å². The van der Waals surface area contributed by atoms with Gasteiger partial charge in [-0.15, -0.1) is 0 Å². The fourth-order valence-electron chi connectivity index (χ4n) is 1.94. The van der Waals surface area contributed by atoms with E-state index in [9.17, 15) is 4.79 Å². The van der Waals surface area contributed by atoms with Crippen LogP contribution in [0, 0.1) is 0 Å². The number of primary amides is 1. The summed E-state index contributed by atoms with van der Waals surface area (Å²) in [6.45, 7) is 10.5. The van der Waals surface area contributed by atoms with Crippen molar-refractivity contribution in [2.24, 2.45) is 5.73 Å². The Bertz CT molecular complexity index is 249. The van der Waals surface area contributed by atoms with Crippen LogP contribution in [-0.4, -0.2) is 43.9 Å². The third-order valence-corrected chi connectivity index (χ3v) is 3.08. The van der Waals surface area contributed by atoms with Gasteiger partial charge in [-0.3, -0.25) is 4.79 Å². The Morgan fingerprint density at radius 2 is 2.00 bits per heavy atom. The molecule has 0 spiro atoms. The summed E-state index contributed by atoms with van der Waals surface area (Å²) in [4.78, 5) is 11.5. The molecule has 0 saturated heterocycles. The van der Waals surface area contributed by atoms with Crippen molar-refractivity contribution >= 4 is 5.91 Å². The summed E-state index contributed by atoms with van der Waals surface area (Å²) in [6, 6.07) is 0. The second-order valence-electron chi connectivity index (χ2n) is 5.08. The molecule has 0 aromatic heterocycles. The van der Waals surface area contributed by atoms with Crippen LogP contribution in [0.25, 0.3) is 0 Å². The normalized spacial score (nSPS) is 16.0. The zero-order valence-electron chi connectivity index (χ0n) is 12.8. The van der Waals surface area contributed by atoms with Crippen molar-refractivity contribution in [3.63, 3.8) is 0 Å².